The van der Waals surface area contributed by atoms with E-state index in [2.05, 4.69) is 5.32 Å². The van der Waals surface area contributed by atoms with E-state index in [-0.39, 0.29) is 5.91 Å². The van der Waals surface area contributed by atoms with E-state index in [9.17, 15) is 9.59 Å². The zero-order valence-corrected chi connectivity index (χ0v) is 13.7. The van der Waals surface area contributed by atoms with Crippen molar-refractivity contribution in [2.24, 2.45) is 0 Å². The number of nitrogens with one attached hydrogen (secondary N) is 1. The van der Waals surface area contributed by atoms with Crippen molar-refractivity contribution in [3.63, 3.8) is 0 Å². The molecule has 0 radical (unpaired) electrons. The lowest BCUT2D eigenvalue weighted by atomic mass is 9.81. The summed E-state index contributed by atoms with van der Waals surface area (Å²) in [5.74, 6) is -0.0957. The molecule has 1 N–H and O–H groups in total. The summed E-state index contributed by atoms with van der Waals surface area (Å²) >= 11 is 6.31. The summed E-state index contributed by atoms with van der Waals surface area (Å²) in [5, 5.41) is 3.43. The fraction of sp³-hybridized carbons (Fsp3) is 0.500. The quantitative estimate of drug-likeness (QED) is 0.798. The first-order valence-corrected chi connectivity index (χ1v) is 7.69. The number of anilines is 1. The predicted octanol–water partition coefficient (Wildman–Crippen LogP) is 3.17. The van der Waals surface area contributed by atoms with Crippen molar-refractivity contribution in [1.29, 1.82) is 0 Å². The summed E-state index contributed by atoms with van der Waals surface area (Å²) in [6.45, 7) is 6.25. The lowest BCUT2D eigenvalue weighted by Gasteiger charge is -2.26. The van der Waals surface area contributed by atoms with Gasteiger partial charge in [-0.15, -0.1) is 0 Å². The minimum Gasteiger partial charge on any atom is -0.444 e. The summed E-state index contributed by atoms with van der Waals surface area (Å²) in [6, 6.07) is 5.42. The molecule has 1 fully saturated rings. The van der Waals surface area contributed by atoms with Gasteiger partial charge < -0.3 is 15.0 Å². The number of benzene rings is 1. The minimum absolute atomic E-state index is 0.0957. The van der Waals surface area contributed by atoms with Crippen LogP contribution in [0.5, 0.6) is 0 Å². The molecule has 1 atom stereocenters. The van der Waals surface area contributed by atoms with Crippen LogP contribution in [0.2, 0.25) is 5.02 Å². The Labute approximate surface area is 134 Å². The Morgan fingerprint density at radius 2 is 2.14 bits per heavy atom. The van der Waals surface area contributed by atoms with Gasteiger partial charge in [-0.1, -0.05) is 17.7 Å². The number of hydrogen-bond acceptors (Lipinski definition) is 3. The molecule has 1 aromatic carbocycles. The molecule has 1 aromatic rings. The van der Waals surface area contributed by atoms with Crippen molar-refractivity contribution in [3.8, 4) is 0 Å². The van der Waals surface area contributed by atoms with E-state index in [1.165, 1.54) is 0 Å². The normalized spacial score (nSPS) is 23.6. The summed E-state index contributed by atoms with van der Waals surface area (Å²) in [4.78, 5) is 26.3. The number of fused-ring (bicyclic) bond motifs is 2. The van der Waals surface area contributed by atoms with Gasteiger partial charge in [-0.3, -0.25) is 4.79 Å². The average Bonchev–Trinajstić information content (AvgIpc) is 2.93. The Morgan fingerprint density at radius 1 is 1.41 bits per heavy atom. The van der Waals surface area contributed by atoms with Crippen LogP contribution in [0.1, 0.15) is 32.8 Å². The molecule has 1 spiro atoms. The number of halogens is 1. The highest BCUT2D eigenvalue weighted by molar-refractivity contribution is 6.33. The molecule has 2 aliphatic heterocycles. The number of nitrogens with zero attached hydrogens (tertiary/aromatic N) is 1. The Morgan fingerprint density at radius 3 is 2.82 bits per heavy atom. The number of carbonyl (C=O) groups excluding carboxylic acids is 2. The van der Waals surface area contributed by atoms with Crippen LogP contribution in [0.25, 0.3) is 0 Å². The van der Waals surface area contributed by atoms with E-state index < -0.39 is 17.1 Å². The van der Waals surface area contributed by atoms with Gasteiger partial charge in [0.1, 0.15) is 5.60 Å². The molecule has 0 aromatic heterocycles. The van der Waals surface area contributed by atoms with E-state index in [4.69, 9.17) is 16.3 Å². The van der Waals surface area contributed by atoms with Crippen LogP contribution >= 0.6 is 11.6 Å². The smallest absolute Gasteiger partial charge is 0.410 e. The van der Waals surface area contributed by atoms with Crippen LogP contribution in [0.3, 0.4) is 0 Å². The van der Waals surface area contributed by atoms with E-state index >= 15 is 0 Å². The van der Waals surface area contributed by atoms with Crippen LogP contribution < -0.4 is 5.32 Å². The Kier molecular flexibility index (Phi) is 3.36. The second-order valence-electron chi connectivity index (χ2n) is 6.85. The second kappa shape index (κ2) is 4.88. The number of hydrogen-bond donors (Lipinski definition) is 1. The molecule has 22 heavy (non-hydrogen) atoms. The van der Waals surface area contributed by atoms with Crippen LogP contribution in [0, 0.1) is 0 Å². The summed E-state index contributed by atoms with van der Waals surface area (Å²) in [7, 11) is 0. The van der Waals surface area contributed by atoms with Crippen molar-refractivity contribution in [3.05, 3.63) is 28.8 Å². The zero-order chi connectivity index (χ0) is 16.1. The van der Waals surface area contributed by atoms with Crippen molar-refractivity contribution in [2.45, 2.75) is 38.2 Å². The molecule has 0 bridgehead atoms. The molecule has 1 saturated heterocycles. The molecule has 2 aliphatic rings. The highest BCUT2D eigenvalue weighted by Crippen LogP contribution is 2.47. The van der Waals surface area contributed by atoms with Crippen molar-refractivity contribution in [1.82, 2.24) is 4.90 Å². The predicted molar refractivity (Wildman–Crippen MR) is 84.2 cm³/mol. The molecule has 6 heteroatoms. The van der Waals surface area contributed by atoms with Gasteiger partial charge in [0.2, 0.25) is 5.91 Å². The molecule has 2 heterocycles. The Bertz CT molecular complexity index is 653. The highest BCUT2D eigenvalue weighted by atomic mass is 35.5. The van der Waals surface area contributed by atoms with Crippen LogP contribution in [-0.4, -0.2) is 35.6 Å². The van der Waals surface area contributed by atoms with Gasteiger partial charge in [-0.05, 0) is 39.3 Å². The van der Waals surface area contributed by atoms with E-state index in [0.717, 1.165) is 11.3 Å². The molecule has 0 saturated carbocycles. The molecular weight excluding hydrogens is 304 g/mol. The molecule has 1 unspecified atom stereocenters. The number of amides is 2. The van der Waals surface area contributed by atoms with E-state index in [1.807, 2.05) is 26.8 Å². The molecule has 0 aliphatic carbocycles. The number of likely N-dealkylation sites (tertiary alicyclic amines) is 1. The molecule has 118 valence electrons. The molecule has 5 nitrogen and oxygen atoms in total. The molecule has 3 rings (SSSR count). The maximum absolute atomic E-state index is 12.5. The average molecular weight is 323 g/mol. The van der Waals surface area contributed by atoms with Crippen molar-refractivity contribution >= 4 is 29.3 Å². The van der Waals surface area contributed by atoms with Gasteiger partial charge >= 0.3 is 6.09 Å². The van der Waals surface area contributed by atoms with Gasteiger partial charge in [0, 0.05) is 29.4 Å². The first-order chi connectivity index (χ1) is 10.2. The SMILES string of the molecule is CC(C)(C)OC(=O)N1CCC2(C1)C(=O)Nc1cccc(Cl)c12. The van der Waals surface area contributed by atoms with Crippen molar-refractivity contribution in [2.75, 3.05) is 18.4 Å². The number of rotatable bonds is 0. The summed E-state index contributed by atoms with van der Waals surface area (Å²) in [6.07, 6.45) is 0.159. The second-order valence-corrected chi connectivity index (χ2v) is 7.26. The Hall–Kier alpha value is -1.75. The number of ether oxygens (including phenoxy) is 1. The largest absolute Gasteiger partial charge is 0.444 e. The van der Waals surface area contributed by atoms with Gasteiger partial charge in [0.05, 0.1) is 5.41 Å². The van der Waals surface area contributed by atoms with Crippen LogP contribution in [0.4, 0.5) is 10.5 Å². The van der Waals surface area contributed by atoms with Gasteiger partial charge in [0.25, 0.3) is 0 Å². The van der Waals surface area contributed by atoms with Crippen LogP contribution in [-0.2, 0) is 14.9 Å². The third-order valence-corrected chi connectivity index (χ3v) is 4.41. The fourth-order valence-corrected chi connectivity index (χ4v) is 3.51. The minimum atomic E-state index is -0.759. The maximum atomic E-state index is 12.5. The standard InChI is InChI=1S/C16H19ClN2O3/c1-15(2,3)22-14(21)19-8-7-16(9-19)12-10(17)5-4-6-11(12)18-13(16)20/h4-6H,7-9H2,1-3H3,(H,18,20). The lowest BCUT2D eigenvalue weighted by Crippen LogP contribution is -2.41. The van der Waals surface area contributed by atoms with Crippen molar-refractivity contribution < 1.29 is 14.3 Å². The van der Waals surface area contributed by atoms with E-state index in [0.29, 0.717) is 24.5 Å². The van der Waals surface area contributed by atoms with Gasteiger partial charge in [0.15, 0.2) is 0 Å². The van der Waals surface area contributed by atoms with Gasteiger partial charge in [-0.25, -0.2) is 4.79 Å². The van der Waals surface area contributed by atoms with Gasteiger partial charge in [-0.2, -0.15) is 0 Å². The third-order valence-electron chi connectivity index (χ3n) is 4.10. The molecule has 2 amide bonds. The Balaban J connectivity index is 1.89. The first-order valence-electron chi connectivity index (χ1n) is 7.31. The fourth-order valence-electron chi connectivity index (χ4n) is 3.15. The summed E-state index contributed by atoms with van der Waals surface area (Å²) in [5.41, 5.74) is 0.224. The first kappa shape index (κ1) is 15.2. The van der Waals surface area contributed by atoms with E-state index in [1.54, 1.807) is 17.0 Å². The monoisotopic (exact) mass is 322 g/mol. The zero-order valence-electron chi connectivity index (χ0n) is 12.9. The number of carbonyl (C=O) groups is 2. The highest BCUT2D eigenvalue weighted by Gasteiger charge is 2.53. The van der Waals surface area contributed by atoms with Crippen LogP contribution in [0.15, 0.2) is 18.2 Å². The topological polar surface area (TPSA) is 58.6 Å². The summed E-state index contributed by atoms with van der Waals surface area (Å²) < 4.78 is 5.40. The lowest BCUT2D eigenvalue weighted by molar-refractivity contribution is -0.120. The maximum Gasteiger partial charge on any atom is 0.410 e. The molecular formula is C16H19ClN2O3. The third kappa shape index (κ3) is 2.33.